The lowest BCUT2D eigenvalue weighted by Crippen LogP contribution is -2.44. The molecular weight excluding hydrogens is 284 g/mol. The summed E-state index contributed by atoms with van der Waals surface area (Å²) in [6.07, 6.45) is 8.90. The molecule has 3 rings (SSSR count). The lowest BCUT2D eigenvalue weighted by molar-refractivity contribution is -0.132. The van der Waals surface area contributed by atoms with E-state index in [1.165, 1.54) is 38.5 Å². The number of rotatable bonds is 3. The van der Waals surface area contributed by atoms with Crippen molar-refractivity contribution in [2.24, 2.45) is 17.8 Å². The molecule has 1 amide bonds. The molecule has 2 saturated heterocycles. The minimum Gasteiger partial charge on any atom is -0.341 e. The topological polar surface area (TPSA) is 32.3 Å². The van der Waals surface area contributed by atoms with Crippen LogP contribution < -0.4 is 5.32 Å². The Kier molecular flexibility index (Phi) is 5.96. The third kappa shape index (κ3) is 3.92. The van der Waals surface area contributed by atoms with E-state index in [0.29, 0.717) is 11.9 Å². The maximum absolute atomic E-state index is 12.7. The third-order valence-corrected chi connectivity index (χ3v) is 5.56. The standard InChI is InChI=1S/C17H30N2O.ClH/c1-12(2)9-13-7-8-19(11-13)17(20)16-10-14-5-3-4-6-15(14)18-16;/h12-16,18H,3-11H2,1-2H3;1H. The summed E-state index contributed by atoms with van der Waals surface area (Å²) < 4.78 is 0. The van der Waals surface area contributed by atoms with E-state index < -0.39 is 0 Å². The molecule has 2 aliphatic heterocycles. The van der Waals surface area contributed by atoms with E-state index in [2.05, 4.69) is 24.1 Å². The van der Waals surface area contributed by atoms with E-state index in [0.717, 1.165) is 37.3 Å². The van der Waals surface area contributed by atoms with Gasteiger partial charge in [-0.05, 0) is 49.9 Å². The molecule has 0 aromatic carbocycles. The van der Waals surface area contributed by atoms with Gasteiger partial charge in [0.1, 0.15) is 0 Å². The fourth-order valence-electron chi connectivity index (χ4n) is 4.62. The van der Waals surface area contributed by atoms with Gasteiger partial charge in [-0.3, -0.25) is 4.79 Å². The first-order chi connectivity index (χ1) is 9.63. The maximum Gasteiger partial charge on any atom is 0.239 e. The largest absolute Gasteiger partial charge is 0.341 e. The molecule has 3 nitrogen and oxygen atoms in total. The van der Waals surface area contributed by atoms with Crippen molar-refractivity contribution >= 4 is 18.3 Å². The van der Waals surface area contributed by atoms with Gasteiger partial charge in [0.05, 0.1) is 6.04 Å². The first-order valence-corrected chi connectivity index (χ1v) is 8.68. The van der Waals surface area contributed by atoms with Crippen LogP contribution in [-0.4, -0.2) is 36.0 Å². The number of carbonyl (C=O) groups is 1. The Bertz CT molecular complexity index is 347. The second kappa shape index (κ2) is 7.32. The Morgan fingerprint density at radius 3 is 2.71 bits per heavy atom. The van der Waals surface area contributed by atoms with Crippen molar-refractivity contribution < 1.29 is 4.79 Å². The van der Waals surface area contributed by atoms with Crippen LogP contribution in [0.15, 0.2) is 0 Å². The van der Waals surface area contributed by atoms with Crippen molar-refractivity contribution in [3.8, 4) is 0 Å². The number of nitrogens with zero attached hydrogens (tertiary/aromatic N) is 1. The maximum atomic E-state index is 12.7. The van der Waals surface area contributed by atoms with Crippen LogP contribution in [0.3, 0.4) is 0 Å². The molecule has 1 aliphatic carbocycles. The minimum absolute atomic E-state index is 0. The van der Waals surface area contributed by atoms with Crippen molar-refractivity contribution in [2.45, 2.75) is 70.9 Å². The highest BCUT2D eigenvalue weighted by molar-refractivity contribution is 5.85. The molecule has 0 bridgehead atoms. The molecule has 4 heteroatoms. The van der Waals surface area contributed by atoms with Gasteiger partial charge in [-0.1, -0.05) is 26.7 Å². The summed E-state index contributed by atoms with van der Waals surface area (Å²) in [5.41, 5.74) is 0. The second-order valence-corrected chi connectivity index (χ2v) is 7.67. The molecule has 1 saturated carbocycles. The van der Waals surface area contributed by atoms with Crippen LogP contribution in [0.4, 0.5) is 0 Å². The van der Waals surface area contributed by atoms with Gasteiger partial charge in [0.15, 0.2) is 0 Å². The van der Waals surface area contributed by atoms with Crippen molar-refractivity contribution in [3.63, 3.8) is 0 Å². The summed E-state index contributed by atoms with van der Waals surface area (Å²) in [6, 6.07) is 0.757. The SMILES string of the molecule is CC(C)CC1CCN(C(=O)C2CC3CCCCC3N2)C1.Cl. The Hall–Kier alpha value is -0.280. The van der Waals surface area contributed by atoms with Crippen molar-refractivity contribution in [1.29, 1.82) is 0 Å². The minimum atomic E-state index is 0. The van der Waals surface area contributed by atoms with Crippen LogP contribution >= 0.6 is 12.4 Å². The zero-order valence-corrected chi connectivity index (χ0v) is 14.3. The number of carbonyl (C=O) groups excluding carboxylic acids is 1. The van der Waals surface area contributed by atoms with E-state index >= 15 is 0 Å². The van der Waals surface area contributed by atoms with Gasteiger partial charge >= 0.3 is 0 Å². The number of nitrogens with one attached hydrogen (secondary N) is 1. The molecule has 0 aromatic heterocycles. The third-order valence-electron chi connectivity index (χ3n) is 5.56. The molecule has 3 aliphatic rings. The molecule has 4 unspecified atom stereocenters. The number of likely N-dealkylation sites (tertiary alicyclic amines) is 1. The molecule has 0 radical (unpaired) electrons. The molecule has 2 heterocycles. The van der Waals surface area contributed by atoms with Gasteiger partial charge in [0.25, 0.3) is 0 Å². The zero-order valence-electron chi connectivity index (χ0n) is 13.5. The Morgan fingerprint density at radius 2 is 2.00 bits per heavy atom. The van der Waals surface area contributed by atoms with Gasteiger partial charge in [0.2, 0.25) is 5.91 Å². The average Bonchev–Trinajstić information content (AvgIpc) is 3.03. The first kappa shape index (κ1) is 17.1. The van der Waals surface area contributed by atoms with Gasteiger partial charge < -0.3 is 10.2 Å². The van der Waals surface area contributed by atoms with Crippen molar-refractivity contribution in [3.05, 3.63) is 0 Å². The summed E-state index contributed by atoms with van der Waals surface area (Å²) in [5.74, 6) is 2.66. The fourth-order valence-corrected chi connectivity index (χ4v) is 4.62. The Balaban J connectivity index is 0.00000161. The van der Waals surface area contributed by atoms with Gasteiger partial charge in [-0.2, -0.15) is 0 Å². The highest BCUT2D eigenvalue weighted by Crippen LogP contribution is 2.34. The summed E-state index contributed by atoms with van der Waals surface area (Å²) in [7, 11) is 0. The first-order valence-electron chi connectivity index (χ1n) is 8.68. The Morgan fingerprint density at radius 1 is 1.24 bits per heavy atom. The highest BCUT2D eigenvalue weighted by atomic mass is 35.5. The molecule has 1 N–H and O–H groups in total. The van der Waals surface area contributed by atoms with Crippen LogP contribution in [0.5, 0.6) is 0 Å². The van der Waals surface area contributed by atoms with E-state index in [-0.39, 0.29) is 18.4 Å². The van der Waals surface area contributed by atoms with Crippen molar-refractivity contribution in [2.75, 3.05) is 13.1 Å². The van der Waals surface area contributed by atoms with Crippen LogP contribution in [0, 0.1) is 17.8 Å². The van der Waals surface area contributed by atoms with E-state index in [4.69, 9.17) is 0 Å². The molecule has 122 valence electrons. The monoisotopic (exact) mass is 314 g/mol. The molecular formula is C17H31ClN2O. The summed E-state index contributed by atoms with van der Waals surface area (Å²) in [6.45, 7) is 6.57. The molecule has 3 fully saturated rings. The summed E-state index contributed by atoms with van der Waals surface area (Å²) >= 11 is 0. The average molecular weight is 315 g/mol. The van der Waals surface area contributed by atoms with Gasteiger partial charge in [-0.15, -0.1) is 12.4 Å². The highest BCUT2D eigenvalue weighted by Gasteiger charge is 2.40. The second-order valence-electron chi connectivity index (χ2n) is 7.67. The normalized spacial score (nSPS) is 35.7. The number of hydrogen-bond donors (Lipinski definition) is 1. The van der Waals surface area contributed by atoms with Crippen LogP contribution in [-0.2, 0) is 4.79 Å². The predicted octanol–water partition coefficient (Wildman–Crippen LogP) is 3.22. The zero-order chi connectivity index (χ0) is 14.1. The van der Waals surface area contributed by atoms with E-state index in [1.807, 2.05) is 0 Å². The Labute approximate surface area is 135 Å². The summed E-state index contributed by atoms with van der Waals surface area (Å²) in [4.78, 5) is 14.8. The van der Waals surface area contributed by atoms with E-state index in [1.54, 1.807) is 0 Å². The predicted molar refractivity (Wildman–Crippen MR) is 88.7 cm³/mol. The number of halogens is 1. The van der Waals surface area contributed by atoms with Crippen LogP contribution in [0.25, 0.3) is 0 Å². The van der Waals surface area contributed by atoms with E-state index in [9.17, 15) is 4.79 Å². The summed E-state index contributed by atoms with van der Waals surface area (Å²) in [5, 5.41) is 3.63. The fraction of sp³-hybridized carbons (Fsp3) is 0.941. The number of amides is 1. The molecule has 0 spiro atoms. The van der Waals surface area contributed by atoms with Gasteiger partial charge in [0, 0.05) is 19.1 Å². The smallest absolute Gasteiger partial charge is 0.239 e. The van der Waals surface area contributed by atoms with Crippen LogP contribution in [0.2, 0.25) is 0 Å². The molecule has 21 heavy (non-hydrogen) atoms. The molecule has 0 aromatic rings. The lowest BCUT2D eigenvalue weighted by atomic mass is 9.85. The van der Waals surface area contributed by atoms with Gasteiger partial charge in [-0.25, -0.2) is 0 Å². The number of hydrogen-bond acceptors (Lipinski definition) is 2. The number of fused-ring (bicyclic) bond motifs is 1. The lowest BCUT2D eigenvalue weighted by Gasteiger charge is -2.24. The van der Waals surface area contributed by atoms with Crippen LogP contribution in [0.1, 0.15) is 58.8 Å². The molecule has 4 atom stereocenters. The quantitative estimate of drug-likeness (QED) is 0.867. The van der Waals surface area contributed by atoms with Crippen molar-refractivity contribution in [1.82, 2.24) is 10.2 Å².